The third-order valence-electron chi connectivity index (χ3n) is 3.45. The molecule has 0 saturated carbocycles. The van der Waals surface area contributed by atoms with Crippen molar-refractivity contribution in [3.8, 4) is 0 Å². The minimum absolute atomic E-state index is 0.235. The zero-order valence-electron chi connectivity index (χ0n) is 12.3. The van der Waals surface area contributed by atoms with Crippen molar-refractivity contribution in [1.82, 2.24) is 19.7 Å². The number of benzene rings is 1. The van der Waals surface area contributed by atoms with E-state index in [0.717, 1.165) is 11.1 Å². The lowest BCUT2D eigenvalue weighted by molar-refractivity contribution is 0.552. The lowest BCUT2D eigenvalue weighted by Crippen LogP contribution is -2.29. The van der Waals surface area contributed by atoms with Gasteiger partial charge in [-0.25, -0.2) is 13.1 Å². The van der Waals surface area contributed by atoms with Gasteiger partial charge in [-0.1, -0.05) is 5.21 Å². The number of nitrogens with two attached hydrogens (primary N) is 1. The van der Waals surface area contributed by atoms with Crippen LogP contribution in [-0.4, -0.2) is 30.0 Å². The van der Waals surface area contributed by atoms with Crippen molar-refractivity contribution >= 4 is 15.7 Å². The number of aromatic nitrogens is 3. The van der Waals surface area contributed by atoms with E-state index in [4.69, 9.17) is 5.73 Å². The number of sulfonamides is 1. The second-order valence-electron chi connectivity index (χ2n) is 4.93. The molecule has 21 heavy (non-hydrogen) atoms. The van der Waals surface area contributed by atoms with Gasteiger partial charge in [-0.3, -0.25) is 4.68 Å². The first-order valence-electron chi connectivity index (χ1n) is 6.53. The fourth-order valence-electron chi connectivity index (χ4n) is 2.16. The van der Waals surface area contributed by atoms with Crippen LogP contribution in [0, 0.1) is 20.8 Å². The third kappa shape index (κ3) is 3.22. The molecule has 114 valence electrons. The Morgan fingerprint density at radius 1 is 1.29 bits per heavy atom. The van der Waals surface area contributed by atoms with Crippen LogP contribution in [0.5, 0.6) is 0 Å². The van der Waals surface area contributed by atoms with Crippen LogP contribution >= 0.6 is 0 Å². The molecule has 7 nitrogen and oxygen atoms in total. The van der Waals surface area contributed by atoms with Crippen molar-refractivity contribution in [2.75, 3.05) is 12.3 Å². The molecule has 1 aromatic carbocycles. The Morgan fingerprint density at radius 2 is 2.00 bits per heavy atom. The van der Waals surface area contributed by atoms with Gasteiger partial charge in [-0.2, -0.15) is 0 Å². The highest BCUT2D eigenvalue weighted by molar-refractivity contribution is 7.89. The average Bonchev–Trinajstić information content (AvgIpc) is 2.89. The number of nitrogens with one attached hydrogen (secondary N) is 1. The molecule has 0 radical (unpaired) electrons. The van der Waals surface area contributed by atoms with E-state index in [2.05, 4.69) is 15.0 Å². The molecule has 0 aliphatic rings. The minimum atomic E-state index is -3.61. The first kappa shape index (κ1) is 15.5. The van der Waals surface area contributed by atoms with Gasteiger partial charge in [0.2, 0.25) is 10.0 Å². The minimum Gasteiger partial charge on any atom is -0.398 e. The summed E-state index contributed by atoms with van der Waals surface area (Å²) in [7, 11) is -3.61. The molecule has 0 aliphatic carbocycles. The molecule has 0 unspecified atom stereocenters. The van der Waals surface area contributed by atoms with E-state index in [1.54, 1.807) is 37.0 Å². The van der Waals surface area contributed by atoms with Gasteiger partial charge in [0.25, 0.3) is 0 Å². The second kappa shape index (κ2) is 5.82. The summed E-state index contributed by atoms with van der Waals surface area (Å²) < 4.78 is 29.1. The zero-order chi connectivity index (χ0) is 15.6. The largest absolute Gasteiger partial charge is 0.398 e. The summed E-state index contributed by atoms with van der Waals surface area (Å²) in [5, 5.41) is 7.45. The molecule has 0 aliphatic heterocycles. The molecule has 0 amide bonds. The van der Waals surface area contributed by atoms with Gasteiger partial charge in [-0.05, 0) is 43.5 Å². The quantitative estimate of drug-likeness (QED) is 0.794. The molecule has 3 N–H and O–H groups in total. The van der Waals surface area contributed by atoms with E-state index in [1.807, 2.05) is 6.92 Å². The van der Waals surface area contributed by atoms with Crippen molar-refractivity contribution in [3.63, 3.8) is 0 Å². The van der Waals surface area contributed by atoms with Gasteiger partial charge in [-0.15, -0.1) is 5.10 Å². The highest BCUT2D eigenvalue weighted by Crippen LogP contribution is 2.27. The zero-order valence-corrected chi connectivity index (χ0v) is 13.1. The van der Waals surface area contributed by atoms with E-state index in [-0.39, 0.29) is 11.4 Å². The maximum Gasteiger partial charge on any atom is 0.241 e. The molecule has 0 spiro atoms. The van der Waals surface area contributed by atoms with Crippen LogP contribution in [0.15, 0.2) is 23.4 Å². The summed E-state index contributed by atoms with van der Waals surface area (Å²) in [6, 6.07) is 1.79. The standard InChI is InChI=1S/C13H19N5O2S/c1-9-8-12(14)11(3)13(10(9)2)21(19,20)16-5-7-18-6-4-15-17-18/h4,6,8,16H,5,7,14H2,1-3H3. The lowest BCUT2D eigenvalue weighted by Gasteiger charge is -2.15. The fraction of sp³-hybridized carbons (Fsp3) is 0.385. The average molecular weight is 309 g/mol. The number of hydrogen-bond donors (Lipinski definition) is 2. The Hall–Kier alpha value is -1.93. The lowest BCUT2D eigenvalue weighted by atomic mass is 10.1. The van der Waals surface area contributed by atoms with Gasteiger partial charge >= 0.3 is 0 Å². The number of nitrogen functional groups attached to an aromatic ring is 1. The first-order chi connectivity index (χ1) is 9.83. The molecule has 0 fully saturated rings. The second-order valence-corrected chi connectivity index (χ2v) is 6.63. The van der Waals surface area contributed by atoms with Crippen LogP contribution < -0.4 is 10.5 Å². The van der Waals surface area contributed by atoms with Gasteiger partial charge in [0.05, 0.1) is 17.6 Å². The smallest absolute Gasteiger partial charge is 0.241 e. The van der Waals surface area contributed by atoms with E-state index in [0.29, 0.717) is 17.8 Å². The van der Waals surface area contributed by atoms with Crippen molar-refractivity contribution < 1.29 is 8.42 Å². The summed E-state index contributed by atoms with van der Waals surface area (Å²) in [5.41, 5.74) is 8.51. The first-order valence-corrected chi connectivity index (χ1v) is 8.01. The van der Waals surface area contributed by atoms with Crippen molar-refractivity contribution in [2.24, 2.45) is 0 Å². The highest BCUT2D eigenvalue weighted by Gasteiger charge is 2.21. The summed E-state index contributed by atoms with van der Waals surface area (Å²) in [6.07, 6.45) is 3.22. The van der Waals surface area contributed by atoms with E-state index in [9.17, 15) is 8.42 Å². The Balaban J connectivity index is 2.23. The third-order valence-corrected chi connectivity index (χ3v) is 5.19. The molecular weight excluding hydrogens is 290 g/mol. The summed E-state index contributed by atoms with van der Waals surface area (Å²) >= 11 is 0. The predicted molar refractivity (Wildman–Crippen MR) is 80.3 cm³/mol. The van der Waals surface area contributed by atoms with Crippen LogP contribution in [0.4, 0.5) is 5.69 Å². The molecule has 1 heterocycles. The monoisotopic (exact) mass is 309 g/mol. The maximum atomic E-state index is 12.5. The highest BCUT2D eigenvalue weighted by atomic mass is 32.2. The van der Waals surface area contributed by atoms with Crippen LogP contribution in [0.1, 0.15) is 16.7 Å². The van der Waals surface area contributed by atoms with Gasteiger partial charge in [0.15, 0.2) is 0 Å². The Labute approximate surface area is 124 Å². The van der Waals surface area contributed by atoms with Crippen molar-refractivity contribution in [3.05, 3.63) is 35.2 Å². The normalized spacial score (nSPS) is 11.8. The number of anilines is 1. The van der Waals surface area contributed by atoms with Crippen LogP contribution in [0.3, 0.4) is 0 Å². The maximum absolute atomic E-state index is 12.5. The van der Waals surface area contributed by atoms with Crippen molar-refractivity contribution in [1.29, 1.82) is 0 Å². The molecule has 1 aromatic heterocycles. The summed E-state index contributed by atoms with van der Waals surface area (Å²) in [4.78, 5) is 0.263. The molecule has 0 bridgehead atoms. The molecular formula is C13H19N5O2S. The van der Waals surface area contributed by atoms with Crippen molar-refractivity contribution in [2.45, 2.75) is 32.2 Å². The topological polar surface area (TPSA) is 103 Å². The number of nitrogens with zero attached hydrogens (tertiary/aromatic N) is 3. The molecule has 2 aromatic rings. The van der Waals surface area contributed by atoms with Gasteiger partial charge in [0.1, 0.15) is 0 Å². The predicted octanol–water partition coefficient (Wildman–Crippen LogP) is 0.764. The number of hydrogen-bond acceptors (Lipinski definition) is 5. The molecule has 8 heteroatoms. The van der Waals surface area contributed by atoms with E-state index >= 15 is 0 Å². The summed E-state index contributed by atoms with van der Waals surface area (Å²) in [5.74, 6) is 0. The van der Waals surface area contributed by atoms with Crippen LogP contribution in [0.2, 0.25) is 0 Å². The summed E-state index contributed by atoms with van der Waals surface area (Å²) in [6.45, 7) is 6.00. The SMILES string of the molecule is Cc1cc(N)c(C)c(S(=O)(=O)NCCn2ccnn2)c1C. The number of aryl methyl sites for hydroxylation is 1. The number of rotatable bonds is 5. The van der Waals surface area contributed by atoms with E-state index in [1.165, 1.54) is 0 Å². The van der Waals surface area contributed by atoms with Crippen LogP contribution in [-0.2, 0) is 16.6 Å². The Kier molecular flexibility index (Phi) is 4.29. The van der Waals surface area contributed by atoms with Crippen LogP contribution in [0.25, 0.3) is 0 Å². The molecule has 2 rings (SSSR count). The molecule has 0 saturated heterocycles. The van der Waals surface area contributed by atoms with E-state index < -0.39 is 10.0 Å². The fourth-order valence-corrected chi connectivity index (χ4v) is 3.75. The van der Waals surface area contributed by atoms with Gasteiger partial charge in [0, 0.05) is 18.4 Å². The molecule has 0 atom stereocenters. The van der Waals surface area contributed by atoms with Gasteiger partial charge < -0.3 is 5.73 Å². The Bertz CT molecular complexity index is 712. The Morgan fingerprint density at radius 3 is 2.62 bits per heavy atom.